The van der Waals surface area contributed by atoms with Gasteiger partial charge in [-0.25, -0.2) is 0 Å². The summed E-state index contributed by atoms with van der Waals surface area (Å²) in [5, 5.41) is 3.66. The van der Waals surface area contributed by atoms with E-state index in [1.54, 1.807) is 0 Å². The van der Waals surface area contributed by atoms with Gasteiger partial charge < -0.3 is 5.32 Å². The SMILES string of the molecule is C=C.CC(NCCN1CCCCC1CCc1ccccc1)c1cccnc1. The predicted octanol–water partition coefficient (Wildman–Crippen LogP) is 5.02. The highest BCUT2D eigenvalue weighted by Gasteiger charge is 2.21. The van der Waals surface area contributed by atoms with Gasteiger partial charge in [0, 0.05) is 37.6 Å². The van der Waals surface area contributed by atoms with E-state index in [2.05, 4.69) is 71.7 Å². The van der Waals surface area contributed by atoms with E-state index in [1.807, 2.05) is 18.5 Å². The van der Waals surface area contributed by atoms with Crippen LogP contribution in [-0.4, -0.2) is 35.6 Å². The van der Waals surface area contributed by atoms with Crippen molar-refractivity contribution in [2.45, 2.75) is 51.1 Å². The molecule has 0 bridgehead atoms. The normalized spacial score (nSPS) is 18.3. The van der Waals surface area contributed by atoms with Crippen LogP contribution in [0.4, 0.5) is 0 Å². The molecule has 3 rings (SSSR count). The zero-order valence-electron chi connectivity index (χ0n) is 16.8. The van der Waals surface area contributed by atoms with E-state index in [0.29, 0.717) is 6.04 Å². The average molecular weight is 366 g/mol. The van der Waals surface area contributed by atoms with E-state index in [9.17, 15) is 0 Å². The molecule has 0 aliphatic carbocycles. The van der Waals surface area contributed by atoms with Crippen LogP contribution in [0.25, 0.3) is 0 Å². The van der Waals surface area contributed by atoms with Gasteiger partial charge in [-0.05, 0) is 56.3 Å². The maximum Gasteiger partial charge on any atom is 0.0315 e. The number of benzene rings is 1. The van der Waals surface area contributed by atoms with Crippen molar-refractivity contribution in [3.8, 4) is 0 Å². The van der Waals surface area contributed by atoms with Crippen molar-refractivity contribution in [1.82, 2.24) is 15.2 Å². The molecule has 2 heterocycles. The lowest BCUT2D eigenvalue weighted by molar-refractivity contribution is 0.140. The number of nitrogens with zero attached hydrogens (tertiary/aromatic N) is 2. The first-order chi connectivity index (χ1) is 13.3. The minimum atomic E-state index is 0.362. The summed E-state index contributed by atoms with van der Waals surface area (Å²) >= 11 is 0. The summed E-state index contributed by atoms with van der Waals surface area (Å²) in [6.45, 7) is 11.7. The summed E-state index contributed by atoms with van der Waals surface area (Å²) in [6, 6.07) is 16.2. The van der Waals surface area contributed by atoms with E-state index >= 15 is 0 Å². The van der Waals surface area contributed by atoms with E-state index in [1.165, 1.54) is 49.8 Å². The van der Waals surface area contributed by atoms with Crippen LogP contribution in [0.1, 0.15) is 49.8 Å². The van der Waals surface area contributed by atoms with Crippen molar-refractivity contribution in [2.24, 2.45) is 0 Å². The molecule has 0 saturated carbocycles. The van der Waals surface area contributed by atoms with Crippen LogP contribution < -0.4 is 5.32 Å². The number of pyridine rings is 1. The molecule has 1 aliphatic rings. The summed E-state index contributed by atoms with van der Waals surface area (Å²) < 4.78 is 0. The van der Waals surface area contributed by atoms with Gasteiger partial charge >= 0.3 is 0 Å². The first-order valence-electron chi connectivity index (χ1n) is 10.2. The molecule has 1 fully saturated rings. The largest absolute Gasteiger partial charge is 0.309 e. The standard InChI is InChI=1S/C22H31N3.C2H4/c1-19(21-10-7-14-23-18-21)24-15-17-25-16-6-5-11-22(25)13-12-20-8-3-2-4-9-20;1-2/h2-4,7-10,14,18-19,22,24H,5-6,11-13,15-17H2,1H3;1-2H2. The fourth-order valence-corrected chi connectivity index (χ4v) is 3.83. The van der Waals surface area contributed by atoms with Gasteiger partial charge in [0.05, 0.1) is 0 Å². The molecule has 1 aliphatic heterocycles. The molecule has 1 aromatic heterocycles. The summed E-state index contributed by atoms with van der Waals surface area (Å²) in [4.78, 5) is 6.92. The van der Waals surface area contributed by atoms with Crippen molar-refractivity contribution in [3.05, 3.63) is 79.1 Å². The summed E-state index contributed by atoms with van der Waals surface area (Å²) in [5.41, 5.74) is 2.73. The maximum atomic E-state index is 4.22. The Morgan fingerprint density at radius 2 is 1.96 bits per heavy atom. The molecule has 1 N–H and O–H groups in total. The zero-order chi connectivity index (χ0) is 19.3. The van der Waals surface area contributed by atoms with E-state index < -0.39 is 0 Å². The van der Waals surface area contributed by atoms with Crippen LogP contribution in [0.2, 0.25) is 0 Å². The van der Waals surface area contributed by atoms with Gasteiger partial charge in [0.15, 0.2) is 0 Å². The second kappa shape index (κ2) is 12.4. The smallest absolute Gasteiger partial charge is 0.0315 e. The number of hydrogen-bond acceptors (Lipinski definition) is 3. The molecule has 146 valence electrons. The Morgan fingerprint density at radius 3 is 2.70 bits per heavy atom. The quantitative estimate of drug-likeness (QED) is 0.666. The van der Waals surface area contributed by atoms with Gasteiger partial charge in [0.2, 0.25) is 0 Å². The zero-order valence-corrected chi connectivity index (χ0v) is 16.8. The van der Waals surface area contributed by atoms with Gasteiger partial charge in [0.25, 0.3) is 0 Å². The number of piperidine rings is 1. The van der Waals surface area contributed by atoms with E-state index in [4.69, 9.17) is 0 Å². The van der Waals surface area contributed by atoms with Gasteiger partial charge in [-0.3, -0.25) is 9.88 Å². The average Bonchev–Trinajstić information content (AvgIpc) is 2.76. The van der Waals surface area contributed by atoms with E-state index in [-0.39, 0.29) is 0 Å². The first kappa shape index (κ1) is 21.3. The highest BCUT2D eigenvalue weighted by molar-refractivity contribution is 5.15. The Hall–Kier alpha value is -1.97. The van der Waals surface area contributed by atoms with Crippen molar-refractivity contribution in [2.75, 3.05) is 19.6 Å². The lowest BCUT2D eigenvalue weighted by atomic mass is 9.96. The van der Waals surface area contributed by atoms with E-state index in [0.717, 1.165) is 19.1 Å². The van der Waals surface area contributed by atoms with Gasteiger partial charge in [-0.1, -0.05) is 42.8 Å². The topological polar surface area (TPSA) is 28.2 Å². The highest BCUT2D eigenvalue weighted by Crippen LogP contribution is 2.21. The number of nitrogens with one attached hydrogen (secondary N) is 1. The molecule has 2 aromatic rings. The summed E-state index contributed by atoms with van der Waals surface area (Å²) in [7, 11) is 0. The Balaban J connectivity index is 0.00000126. The number of aryl methyl sites for hydroxylation is 1. The lowest BCUT2D eigenvalue weighted by Crippen LogP contribution is -2.43. The molecule has 2 unspecified atom stereocenters. The minimum absolute atomic E-state index is 0.362. The third-order valence-corrected chi connectivity index (χ3v) is 5.39. The second-order valence-electron chi connectivity index (χ2n) is 7.17. The second-order valence-corrected chi connectivity index (χ2v) is 7.17. The molecule has 3 nitrogen and oxygen atoms in total. The van der Waals surface area contributed by atoms with Crippen LogP contribution in [-0.2, 0) is 6.42 Å². The molecular weight excluding hydrogens is 330 g/mol. The summed E-state index contributed by atoms with van der Waals surface area (Å²) in [5.74, 6) is 0. The Bertz CT molecular complexity index is 614. The fraction of sp³-hybridized carbons (Fsp3) is 0.458. The number of hydrogen-bond donors (Lipinski definition) is 1. The first-order valence-corrected chi connectivity index (χ1v) is 10.2. The third-order valence-electron chi connectivity index (χ3n) is 5.39. The molecule has 1 aromatic carbocycles. The van der Waals surface area contributed by atoms with Crippen LogP contribution in [0.3, 0.4) is 0 Å². The highest BCUT2D eigenvalue weighted by atomic mass is 15.2. The molecule has 0 radical (unpaired) electrons. The Kier molecular flexibility index (Phi) is 9.81. The van der Waals surface area contributed by atoms with Gasteiger partial charge in [-0.2, -0.15) is 0 Å². The molecule has 27 heavy (non-hydrogen) atoms. The molecule has 1 saturated heterocycles. The molecule has 0 amide bonds. The van der Waals surface area contributed by atoms with Crippen molar-refractivity contribution in [1.29, 1.82) is 0 Å². The molecule has 0 spiro atoms. The molecule has 3 heteroatoms. The Morgan fingerprint density at radius 1 is 1.15 bits per heavy atom. The third kappa shape index (κ3) is 7.28. The number of likely N-dealkylation sites (tertiary alicyclic amines) is 1. The van der Waals surface area contributed by atoms with Crippen molar-refractivity contribution >= 4 is 0 Å². The van der Waals surface area contributed by atoms with Gasteiger partial charge in [-0.15, -0.1) is 13.2 Å². The van der Waals surface area contributed by atoms with Gasteiger partial charge in [0.1, 0.15) is 0 Å². The molecular formula is C24H35N3. The fourth-order valence-electron chi connectivity index (χ4n) is 3.83. The minimum Gasteiger partial charge on any atom is -0.309 e. The van der Waals surface area contributed by atoms with Crippen molar-refractivity contribution < 1.29 is 0 Å². The number of aromatic nitrogens is 1. The number of rotatable bonds is 8. The van der Waals surface area contributed by atoms with Crippen LogP contribution in [0, 0.1) is 0 Å². The van der Waals surface area contributed by atoms with Crippen LogP contribution in [0.15, 0.2) is 68.0 Å². The van der Waals surface area contributed by atoms with Crippen LogP contribution >= 0.6 is 0 Å². The lowest BCUT2D eigenvalue weighted by Gasteiger charge is -2.36. The Labute approximate surface area is 165 Å². The van der Waals surface area contributed by atoms with Crippen molar-refractivity contribution in [3.63, 3.8) is 0 Å². The molecule has 2 atom stereocenters. The van der Waals surface area contributed by atoms with Crippen LogP contribution in [0.5, 0.6) is 0 Å². The summed E-state index contributed by atoms with van der Waals surface area (Å²) in [6.07, 6.45) is 10.4. The monoisotopic (exact) mass is 365 g/mol. The predicted molar refractivity (Wildman–Crippen MR) is 116 cm³/mol. The maximum absolute atomic E-state index is 4.22.